The summed E-state index contributed by atoms with van der Waals surface area (Å²) in [7, 11) is 0. The molecule has 1 amide bonds. The van der Waals surface area contributed by atoms with Crippen LogP contribution in [0.3, 0.4) is 0 Å². The Labute approximate surface area is 208 Å². The molecule has 4 aliphatic carbocycles. The van der Waals surface area contributed by atoms with Crippen molar-refractivity contribution in [1.82, 2.24) is 15.5 Å². The molecule has 9 nitrogen and oxygen atoms in total. The third-order valence-electron chi connectivity index (χ3n) is 8.84. The van der Waals surface area contributed by atoms with E-state index in [0.29, 0.717) is 17.2 Å². The maximum Gasteiger partial charge on any atom is 0.405 e. The molecule has 0 atom stereocenters. The predicted molar refractivity (Wildman–Crippen MR) is 128 cm³/mol. The van der Waals surface area contributed by atoms with Gasteiger partial charge in [0.1, 0.15) is 16.9 Å². The van der Waals surface area contributed by atoms with Gasteiger partial charge in [0.25, 0.3) is 0 Å². The Balaban J connectivity index is 1.20. The first-order chi connectivity index (χ1) is 17.2. The van der Waals surface area contributed by atoms with E-state index in [4.69, 9.17) is 23.4 Å². The zero-order valence-corrected chi connectivity index (χ0v) is 20.6. The number of carboxylic acid groups (broad SMARTS) is 1. The molecule has 0 unspecified atom stereocenters. The predicted octanol–water partition coefficient (Wildman–Crippen LogP) is 5.20. The van der Waals surface area contributed by atoms with Gasteiger partial charge in [-0.3, -0.25) is 0 Å². The topological polar surface area (TPSA) is 120 Å². The van der Waals surface area contributed by atoms with Gasteiger partial charge in [0, 0.05) is 10.9 Å². The average molecular weight is 494 g/mol. The van der Waals surface area contributed by atoms with E-state index in [1.54, 1.807) is 13.8 Å². The van der Waals surface area contributed by atoms with Gasteiger partial charge in [-0.05, 0) is 94.4 Å². The number of rotatable bonds is 4. The van der Waals surface area contributed by atoms with E-state index in [-0.39, 0.29) is 18.6 Å². The monoisotopic (exact) mass is 493 g/mol. The third-order valence-corrected chi connectivity index (χ3v) is 8.84. The van der Waals surface area contributed by atoms with Crippen LogP contribution in [0.15, 0.2) is 33.2 Å². The number of nitrogens with one attached hydrogen (secondary N) is 1. The van der Waals surface area contributed by atoms with Gasteiger partial charge in [-0.2, -0.15) is 4.98 Å². The van der Waals surface area contributed by atoms with Crippen molar-refractivity contribution in [3.8, 4) is 11.4 Å². The summed E-state index contributed by atoms with van der Waals surface area (Å²) in [6, 6.07) is 7.57. The Kier molecular flexibility index (Phi) is 4.68. The highest BCUT2D eigenvalue weighted by atomic mass is 16.7. The fourth-order valence-corrected chi connectivity index (χ4v) is 7.51. The molecule has 0 spiro atoms. The molecule has 2 N–H and O–H groups in total. The standard InChI is InChI=1S/C27H31N3O6/c1-25(2)33-13-27(14-34-25,29-24(31)32)21-9-19-8-18(3-4-20(19)35-21)22-28-23(36-30-22)26-10-15-5-16(11-26)7-17(6-15)12-26/h3-4,8-9,15-17,29H,5-7,10-14H2,1-2H3,(H,31,32). The lowest BCUT2D eigenvalue weighted by Gasteiger charge is -2.55. The van der Waals surface area contributed by atoms with Gasteiger partial charge in [0.15, 0.2) is 5.79 Å². The average Bonchev–Trinajstić information content (AvgIpc) is 3.47. The van der Waals surface area contributed by atoms with Crippen molar-refractivity contribution >= 4 is 17.1 Å². The Morgan fingerprint density at radius 2 is 1.69 bits per heavy atom. The third kappa shape index (κ3) is 3.55. The van der Waals surface area contributed by atoms with Crippen LogP contribution in [0, 0.1) is 17.8 Å². The second kappa shape index (κ2) is 7.55. The molecule has 4 bridgehead atoms. The number of amides is 1. The molecule has 1 aromatic carbocycles. The van der Waals surface area contributed by atoms with Crippen LogP contribution in [0.25, 0.3) is 22.4 Å². The SMILES string of the molecule is CC1(C)OCC(NC(=O)O)(c2cc3cc(-c4noc(C56CC7CC(CC(C7)C5)C6)n4)ccc3o2)CO1. The van der Waals surface area contributed by atoms with Crippen LogP contribution in [-0.4, -0.2) is 40.3 Å². The van der Waals surface area contributed by atoms with Crippen LogP contribution in [0.4, 0.5) is 4.79 Å². The summed E-state index contributed by atoms with van der Waals surface area (Å²) >= 11 is 0. The minimum Gasteiger partial charge on any atom is -0.465 e. The lowest BCUT2D eigenvalue weighted by atomic mass is 9.49. The van der Waals surface area contributed by atoms with Gasteiger partial charge >= 0.3 is 6.09 Å². The van der Waals surface area contributed by atoms with Gasteiger partial charge in [-0.25, -0.2) is 4.79 Å². The summed E-state index contributed by atoms with van der Waals surface area (Å²) in [4.78, 5) is 16.5. The van der Waals surface area contributed by atoms with Crippen molar-refractivity contribution in [2.24, 2.45) is 17.8 Å². The van der Waals surface area contributed by atoms with Gasteiger partial charge < -0.3 is 28.8 Å². The molecule has 1 aliphatic heterocycles. The van der Waals surface area contributed by atoms with E-state index in [9.17, 15) is 9.90 Å². The molecule has 9 heteroatoms. The molecule has 0 radical (unpaired) electrons. The quantitative estimate of drug-likeness (QED) is 0.509. The van der Waals surface area contributed by atoms with E-state index in [0.717, 1.165) is 34.6 Å². The number of aromatic nitrogens is 2. The summed E-state index contributed by atoms with van der Waals surface area (Å²) < 4.78 is 23.6. The first-order valence-corrected chi connectivity index (χ1v) is 12.9. The van der Waals surface area contributed by atoms with E-state index in [1.807, 2.05) is 24.3 Å². The van der Waals surface area contributed by atoms with Crippen molar-refractivity contribution in [1.29, 1.82) is 0 Å². The second-order valence-corrected chi connectivity index (χ2v) is 12.0. The largest absolute Gasteiger partial charge is 0.465 e. The van der Waals surface area contributed by atoms with Gasteiger partial charge in [0.05, 0.1) is 18.6 Å². The fourth-order valence-electron chi connectivity index (χ4n) is 7.51. The molecular weight excluding hydrogens is 462 g/mol. The van der Waals surface area contributed by atoms with Crippen LogP contribution < -0.4 is 5.32 Å². The molecule has 8 rings (SSSR count). The highest BCUT2D eigenvalue weighted by molar-refractivity contribution is 5.83. The molecule has 1 saturated heterocycles. The zero-order chi connectivity index (χ0) is 24.7. The van der Waals surface area contributed by atoms with Crippen molar-refractivity contribution in [3.63, 3.8) is 0 Å². The molecule has 5 aliphatic rings. The summed E-state index contributed by atoms with van der Waals surface area (Å²) in [5.41, 5.74) is 0.386. The molecule has 3 heterocycles. The number of carbonyl (C=O) groups is 1. The Morgan fingerprint density at radius 3 is 2.33 bits per heavy atom. The minimum atomic E-state index is -1.17. The lowest BCUT2D eigenvalue weighted by molar-refractivity contribution is -0.274. The number of hydrogen-bond donors (Lipinski definition) is 2. The number of ether oxygens (including phenoxy) is 2. The highest BCUT2D eigenvalue weighted by Gasteiger charge is 2.54. The smallest absolute Gasteiger partial charge is 0.405 e. The maximum atomic E-state index is 11.6. The van der Waals surface area contributed by atoms with Crippen LogP contribution in [0.2, 0.25) is 0 Å². The van der Waals surface area contributed by atoms with E-state index < -0.39 is 17.4 Å². The molecule has 36 heavy (non-hydrogen) atoms. The molecule has 2 aromatic heterocycles. The van der Waals surface area contributed by atoms with Gasteiger partial charge in [0.2, 0.25) is 11.7 Å². The van der Waals surface area contributed by atoms with Crippen molar-refractivity contribution < 1.29 is 28.3 Å². The molecule has 190 valence electrons. The number of nitrogens with zero attached hydrogens (tertiary/aromatic N) is 2. The normalized spacial score (nSPS) is 32.1. The minimum absolute atomic E-state index is 0.0521. The van der Waals surface area contributed by atoms with Crippen LogP contribution in [0.1, 0.15) is 64.0 Å². The number of fused-ring (bicyclic) bond motifs is 1. The fraction of sp³-hybridized carbons (Fsp3) is 0.593. The van der Waals surface area contributed by atoms with Crippen LogP contribution >= 0.6 is 0 Å². The van der Waals surface area contributed by atoms with E-state index in [1.165, 1.54) is 38.5 Å². The Morgan fingerprint density at radius 1 is 1.03 bits per heavy atom. The van der Waals surface area contributed by atoms with Crippen molar-refractivity contribution in [3.05, 3.63) is 35.9 Å². The van der Waals surface area contributed by atoms with E-state index >= 15 is 0 Å². The first-order valence-electron chi connectivity index (χ1n) is 12.9. The number of hydrogen-bond acceptors (Lipinski definition) is 7. The lowest BCUT2D eigenvalue weighted by Crippen LogP contribution is -2.58. The van der Waals surface area contributed by atoms with Gasteiger partial charge in [-0.15, -0.1) is 0 Å². The summed E-state index contributed by atoms with van der Waals surface area (Å²) in [6.07, 6.45) is 6.44. The molecule has 4 saturated carbocycles. The second-order valence-electron chi connectivity index (χ2n) is 12.0. The van der Waals surface area contributed by atoms with Crippen LogP contribution in [-0.2, 0) is 20.4 Å². The van der Waals surface area contributed by atoms with Crippen molar-refractivity contribution in [2.45, 2.75) is 69.1 Å². The van der Waals surface area contributed by atoms with Crippen molar-refractivity contribution in [2.75, 3.05) is 13.2 Å². The van der Waals surface area contributed by atoms with Gasteiger partial charge in [-0.1, -0.05) is 5.16 Å². The molecular formula is C27H31N3O6. The van der Waals surface area contributed by atoms with E-state index in [2.05, 4.69) is 10.5 Å². The van der Waals surface area contributed by atoms with Crippen LogP contribution in [0.5, 0.6) is 0 Å². The number of furan rings is 1. The zero-order valence-electron chi connectivity index (χ0n) is 20.6. The maximum absolute atomic E-state index is 11.6. The molecule has 5 fully saturated rings. The first kappa shape index (κ1) is 22.3. The summed E-state index contributed by atoms with van der Waals surface area (Å²) in [6.45, 7) is 3.78. The Hall–Kier alpha value is -2.91. The Bertz CT molecular complexity index is 1290. The summed E-state index contributed by atoms with van der Waals surface area (Å²) in [5.74, 6) is 3.43. The highest BCUT2D eigenvalue weighted by Crippen LogP contribution is 2.60. The summed E-state index contributed by atoms with van der Waals surface area (Å²) in [5, 5.41) is 17.2. The number of benzene rings is 1. The molecule has 3 aromatic rings.